The van der Waals surface area contributed by atoms with Crippen LogP contribution in [0.5, 0.6) is 0 Å². The van der Waals surface area contributed by atoms with E-state index < -0.39 is 9.84 Å². The number of benzene rings is 2. The molecule has 0 aliphatic carbocycles. The summed E-state index contributed by atoms with van der Waals surface area (Å²) in [6, 6.07) is 18.9. The van der Waals surface area contributed by atoms with Gasteiger partial charge in [-0.25, -0.2) is 8.42 Å². The van der Waals surface area contributed by atoms with Crippen molar-refractivity contribution in [1.29, 1.82) is 0 Å². The van der Waals surface area contributed by atoms with Crippen LogP contribution in [0, 0.1) is 0 Å². The van der Waals surface area contributed by atoms with Crippen LogP contribution in [0.1, 0.15) is 6.42 Å². The minimum atomic E-state index is -3.29. The van der Waals surface area contributed by atoms with Crippen molar-refractivity contribution in [3.63, 3.8) is 0 Å². The average Bonchev–Trinajstić information content (AvgIpc) is 3.13. The second-order valence-electron chi connectivity index (χ2n) is 6.48. The number of nitrogens with one attached hydrogen (secondary N) is 2. The van der Waals surface area contributed by atoms with E-state index in [-0.39, 0.29) is 5.75 Å². The van der Waals surface area contributed by atoms with Crippen molar-refractivity contribution in [2.75, 3.05) is 25.9 Å². The summed E-state index contributed by atoms with van der Waals surface area (Å²) >= 11 is 0. The molecule has 148 valence electrons. The van der Waals surface area contributed by atoms with E-state index in [0.717, 1.165) is 19.5 Å². The Morgan fingerprint density at radius 2 is 1.68 bits per heavy atom. The number of aryl methyl sites for hydroxylation is 1. The highest BCUT2D eigenvalue weighted by Gasteiger charge is 2.13. The summed E-state index contributed by atoms with van der Waals surface area (Å²) in [7, 11) is -1.61. The molecule has 6 nitrogen and oxygen atoms in total. The summed E-state index contributed by atoms with van der Waals surface area (Å²) in [5, 5.41) is 7.55. The van der Waals surface area contributed by atoms with Gasteiger partial charge in [-0.15, -0.1) is 0 Å². The third-order valence-electron chi connectivity index (χ3n) is 4.54. The predicted octanol–water partition coefficient (Wildman–Crippen LogP) is 2.67. The number of guanidine groups is 1. The van der Waals surface area contributed by atoms with Gasteiger partial charge in [0.15, 0.2) is 15.8 Å². The van der Waals surface area contributed by atoms with E-state index in [1.54, 1.807) is 37.4 Å². The summed E-state index contributed by atoms with van der Waals surface area (Å²) in [6.07, 6.45) is 3.04. The number of rotatable bonds is 8. The maximum absolute atomic E-state index is 12.3. The van der Waals surface area contributed by atoms with Gasteiger partial charge in [-0.1, -0.05) is 36.4 Å². The molecule has 3 rings (SSSR count). The van der Waals surface area contributed by atoms with Gasteiger partial charge in [0.25, 0.3) is 0 Å². The first-order chi connectivity index (χ1) is 13.6. The summed E-state index contributed by atoms with van der Waals surface area (Å²) in [6.45, 7) is 1.96. The quantitative estimate of drug-likeness (QED) is 0.348. The molecule has 0 unspecified atom stereocenters. The first-order valence-electron chi connectivity index (χ1n) is 9.36. The minimum absolute atomic E-state index is 0.0209. The van der Waals surface area contributed by atoms with Gasteiger partial charge in [-0.05, 0) is 36.1 Å². The van der Waals surface area contributed by atoms with Crippen LogP contribution in [-0.4, -0.2) is 44.8 Å². The molecule has 0 aliphatic rings. The second kappa shape index (κ2) is 9.41. The fourth-order valence-electron chi connectivity index (χ4n) is 3.06. The molecule has 0 radical (unpaired) electrons. The van der Waals surface area contributed by atoms with E-state index in [4.69, 9.17) is 0 Å². The van der Waals surface area contributed by atoms with Crippen molar-refractivity contribution >= 4 is 26.7 Å². The van der Waals surface area contributed by atoms with E-state index in [2.05, 4.69) is 44.6 Å². The maximum atomic E-state index is 12.3. The Bertz CT molecular complexity index is 1030. The van der Waals surface area contributed by atoms with Crippen molar-refractivity contribution in [3.05, 3.63) is 66.9 Å². The molecule has 0 saturated heterocycles. The van der Waals surface area contributed by atoms with E-state index >= 15 is 0 Å². The van der Waals surface area contributed by atoms with Crippen LogP contribution >= 0.6 is 0 Å². The highest BCUT2D eigenvalue weighted by molar-refractivity contribution is 7.91. The van der Waals surface area contributed by atoms with Gasteiger partial charge in [-0.3, -0.25) is 4.99 Å². The predicted molar refractivity (Wildman–Crippen MR) is 114 cm³/mol. The summed E-state index contributed by atoms with van der Waals surface area (Å²) in [5.74, 6) is 0.633. The number of hydrogen-bond acceptors (Lipinski definition) is 3. The zero-order valence-corrected chi connectivity index (χ0v) is 16.8. The second-order valence-corrected chi connectivity index (χ2v) is 8.59. The lowest BCUT2D eigenvalue weighted by molar-refractivity contribution is 0.594. The van der Waals surface area contributed by atoms with Gasteiger partial charge in [0.05, 0.1) is 10.6 Å². The molecular weight excluding hydrogens is 372 g/mol. The summed E-state index contributed by atoms with van der Waals surface area (Å²) in [5.41, 5.74) is 1.23. The number of hydrogen-bond donors (Lipinski definition) is 2. The van der Waals surface area contributed by atoms with Crippen molar-refractivity contribution < 1.29 is 8.42 Å². The minimum Gasteiger partial charge on any atom is -0.356 e. The topological polar surface area (TPSA) is 75.5 Å². The van der Waals surface area contributed by atoms with Gasteiger partial charge in [0.2, 0.25) is 0 Å². The zero-order valence-electron chi connectivity index (χ0n) is 16.0. The van der Waals surface area contributed by atoms with E-state index in [0.29, 0.717) is 17.4 Å². The molecule has 28 heavy (non-hydrogen) atoms. The van der Waals surface area contributed by atoms with Crippen molar-refractivity contribution in [1.82, 2.24) is 15.2 Å². The first kappa shape index (κ1) is 19.9. The SMILES string of the molecule is CN=C(NCCCn1ccc2ccccc21)NCCS(=O)(=O)c1ccccc1. The maximum Gasteiger partial charge on any atom is 0.191 e. The lowest BCUT2D eigenvalue weighted by Crippen LogP contribution is -2.40. The molecule has 3 aromatic rings. The van der Waals surface area contributed by atoms with E-state index in [1.165, 1.54) is 10.9 Å². The third-order valence-corrected chi connectivity index (χ3v) is 6.27. The van der Waals surface area contributed by atoms with Crippen molar-refractivity contribution in [3.8, 4) is 0 Å². The fourth-order valence-corrected chi connectivity index (χ4v) is 4.24. The number of para-hydroxylation sites is 1. The number of fused-ring (bicyclic) bond motifs is 1. The van der Waals surface area contributed by atoms with Gasteiger partial charge < -0.3 is 15.2 Å². The average molecular weight is 399 g/mol. The fraction of sp³-hybridized carbons (Fsp3) is 0.286. The highest BCUT2D eigenvalue weighted by Crippen LogP contribution is 2.15. The Balaban J connectivity index is 1.41. The molecule has 0 aliphatic heterocycles. The monoisotopic (exact) mass is 398 g/mol. The highest BCUT2D eigenvalue weighted by atomic mass is 32.2. The Hall–Kier alpha value is -2.80. The molecule has 0 spiro atoms. The van der Waals surface area contributed by atoms with Crippen LogP contribution in [-0.2, 0) is 16.4 Å². The summed E-state index contributed by atoms with van der Waals surface area (Å²) < 4.78 is 26.8. The van der Waals surface area contributed by atoms with Gasteiger partial charge in [-0.2, -0.15) is 0 Å². The van der Waals surface area contributed by atoms with Gasteiger partial charge in [0.1, 0.15) is 0 Å². The third kappa shape index (κ3) is 5.13. The molecule has 2 aromatic carbocycles. The smallest absolute Gasteiger partial charge is 0.191 e. The molecule has 0 atom stereocenters. The summed E-state index contributed by atoms with van der Waals surface area (Å²) in [4.78, 5) is 4.50. The van der Waals surface area contributed by atoms with Crippen LogP contribution < -0.4 is 10.6 Å². The lowest BCUT2D eigenvalue weighted by atomic mass is 10.2. The van der Waals surface area contributed by atoms with E-state index in [1.807, 2.05) is 12.1 Å². The van der Waals surface area contributed by atoms with E-state index in [9.17, 15) is 8.42 Å². The van der Waals surface area contributed by atoms with Crippen LogP contribution in [0.4, 0.5) is 0 Å². The number of aliphatic imine (C=N–C) groups is 1. The molecule has 0 fully saturated rings. The lowest BCUT2D eigenvalue weighted by Gasteiger charge is -2.12. The number of sulfone groups is 1. The largest absolute Gasteiger partial charge is 0.356 e. The first-order valence-corrected chi connectivity index (χ1v) is 11.0. The molecule has 0 amide bonds. The molecule has 0 saturated carbocycles. The molecule has 1 heterocycles. The molecule has 1 aromatic heterocycles. The molecule has 2 N–H and O–H groups in total. The Morgan fingerprint density at radius 3 is 2.46 bits per heavy atom. The molecular formula is C21H26N4O2S. The standard InChI is InChI=1S/C21H26N4O2S/c1-22-21(24-14-17-28(26,27)19-9-3-2-4-10-19)23-13-7-15-25-16-12-18-8-5-6-11-20(18)25/h2-6,8-12,16H,7,13-15,17H2,1H3,(H2,22,23,24). The Labute approximate surface area is 166 Å². The molecule has 0 bridgehead atoms. The molecule has 7 heteroatoms. The van der Waals surface area contributed by atoms with Gasteiger partial charge in [0, 0.05) is 38.4 Å². The van der Waals surface area contributed by atoms with Crippen LogP contribution in [0.3, 0.4) is 0 Å². The number of nitrogens with zero attached hydrogens (tertiary/aromatic N) is 2. The number of aromatic nitrogens is 1. The Kier molecular flexibility index (Phi) is 6.71. The zero-order chi connectivity index (χ0) is 19.8. The normalized spacial score (nSPS) is 12.2. The van der Waals surface area contributed by atoms with Crippen LogP contribution in [0.15, 0.2) is 76.7 Å². The Morgan fingerprint density at radius 1 is 0.964 bits per heavy atom. The van der Waals surface area contributed by atoms with Crippen LogP contribution in [0.25, 0.3) is 10.9 Å². The van der Waals surface area contributed by atoms with Crippen LogP contribution in [0.2, 0.25) is 0 Å². The van der Waals surface area contributed by atoms with Crippen molar-refractivity contribution in [2.24, 2.45) is 4.99 Å². The van der Waals surface area contributed by atoms with Crippen molar-refractivity contribution in [2.45, 2.75) is 17.9 Å². The van der Waals surface area contributed by atoms with Gasteiger partial charge >= 0.3 is 0 Å².